The van der Waals surface area contributed by atoms with E-state index < -0.39 is 0 Å². The van der Waals surface area contributed by atoms with Gasteiger partial charge in [-0.05, 0) is 19.8 Å². The standard InChI is InChI=1S/C13H24N2O/c1-11-10-15(9-8-14-11)12(16)13(2)6-4-3-5-7-13/h11,14H,3-10H2,1-2H3/t11-/m1/s1. The van der Waals surface area contributed by atoms with E-state index in [0.717, 1.165) is 32.5 Å². The topological polar surface area (TPSA) is 32.3 Å². The third-order valence-electron chi connectivity index (χ3n) is 4.13. The van der Waals surface area contributed by atoms with Crippen LogP contribution in [0.3, 0.4) is 0 Å². The van der Waals surface area contributed by atoms with Crippen LogP contribution >= 0.6 is 0 Å². The van der Waals surface area contributed by atoms with Crippen LogP contribution < -0.4 is 5.32 Å². The molecule has 1 atom stereocenters. The minimum absolute atomic E-state index is 0.0602. The summed E-state index contributed by atoms with van der Waals surface area (Å²) in [5, 5.41) is 3.39. The van der Waals surface area contributed by atoms with Crippen molar-refractivity contribution in [3.05, 3.63) is 0 Å². The fraction of sp³-hybridized carbons (Fsp3) is 0.923. The SMILES string of the molecule is C[C@@H]1CN(C(=O)C2(C)CCCCC2)CCN1. The Labute approximate surface area is 98.6 Å². The Morgan fingerprint density at radius 2 is 2.00 bits per heavy atom. The van der Waals surface area contributed by atoms with E-state index in [1.807, 2.05) is 0 Å². The second-order valence-corrected chi connectivity index (χ2v) is 5.73. The Bertz CT molecular complexity index is 259. The third-order valence-corrected chi connectivity index (χ3v) is 4.13. The van der Waals surface area contributed by atoms with Gasteiger partial charge in [-0.1, -0.05) is 26.2 Å². The summed E-state index contributed by atoms with van der Waals surface area (Å²) in [6.07, 6.45) is 5.93. The first-order valence-electron chi connectivity index (χ1n) is 6.65. The van der Waals surface area contributed by atoms with Crippen molar-refractivity contribution in [3.63, 3.8) is 0 Å². The molecule has 1 saturated heterocycles. The molecular formula is C13H24N2O. The molecule has 0 unspecified atom stereocenters. The van der Waals surface area contributed by atoms with E-state index in [1.165, 1.54) is 19.3 Å². The van der Waals surface area contributed by atoms with E-state index in [4.69, 9.17) is 0 Å². The molecule has 3 nitrogen and oxygen atoms in total. The van der Waals surface area contributed by atoms with Crippen LogP contribution in [0.2, 0.25) is 0 Å². The molecule has 0 bridgehead atoms. The molecule has 0 aromatic rings. The normalized spacial score (nSPS) is 30.1. The summed E-state index contributed by atoms with van der Waals surface area (Å²) >= 11 is 0. The van der Waals surface area contributed by atoms with Gasteiger partial charge in [0.15, 0.2) is 0 Å². The van der Waals surface area contributed by atoms with Gasteiger partial charge in [-0.25, -0.2) is 0 Å². The van der Waals surface area contributed by atoms with Crippen LogP contribution in [0.4, 0.5) is 0 Å². The Morgan fingerprint density at radius 1 is 1.31 bits per heavy atom. The summed E-state index contributed by atoms with van der Waals surface area (Å²) in [6.45, 7) is 7.04. The van der Waals surface area contributed by atoms with Crippen LogP contribution in [-0.4, -0.2) is 36.5 Å². The van der Waals surface area contributed by atoms with Crippen LogP contribution in [0.15, 0.2) is 0 Å². The molecule has 1 heterocycles. The number of carbonyl (C=O) groups is 1. The van der Waals surface area contributed by atoms with Gasteiger partial charge in [0.05, 0.1) is 0 Å². The average Bonchev–Trinajstić information content (AvgIpc) is 2.29. The zero-order chi connectivity index (χ0) is 11.6. The molecule has 2 rings (SSSR count). The minimum Gasteiger partial charge on any atom is -0.339 e. The van der Waals surface area contributed by atoms with Crippen molar-refractivity contribution in [2.24, 2.45) is 5.41 Å². The molecule has 1 amide bonds. The lowest BCUT2D eigenvalue weighted by Gasteiger charge is -2.40. The molecule has 1 N–H and O–H groups in total. The third kappa shape index (κ3) is 2.40. The molecule has 1 aliphatic heterocycles. The highest BCUT2D eigenvalue weighted by Gasteiger charge is 2.38. The highest BCUT2D eigenvalue weighted by Crippen LogP contribution is 2.37. The maximum absolute atomic E-state index is 12.5. The molecule has 2 fully saturated rings. The molecule has 1 aliphatic carbocycles. The van der Waals surface area contributed by atoms with Gasteiger partial charge in [-0.15, -0.1) is 0 Å². The molecular weight excluding hydrogens is 200 g/mol. The number of hydrogen-bond donors (Lipinski definition) is 1. The van der Waals surface area contributed by atoms with Crippen molar-refractivity contribution in [2.45, 2.75) is 52.0 Å². The van der Waals surface area contributed by atoms with E-state index >= 15 is 0 Å². The van der Waals surface area contributed by atoms with Crippen LogP contribution in [0.25, 0.3) is 0 Å². The van der Waals surface area contributed by atoms with Crippen molar-refractivity contribution in [1.82, 2.24) is 10.2 Å². The molecule has 92 valence electrons. The minimum atomic E-state index is -0.0602. The second kappa shape index (κ2) is 4.74. The average molecular weight is 224 g/mol. The summed E-state index contributed by atoms with van der Waals surface area (Å²) in [4.78, 5) is 14.6. The van der Waals surface area contributed by atoms with Gasteiger partial charge >= 0.3 is 0 Å². The van der Waals surface area contributed by atoms with Crippen molar-refractivity contribution >= 4 is 5.91 Å². The number of carbonyl (C=O) groups excluding carboxylic acids is 1. The molecule has 2 aliphatic rings. The van der Waals surface area contributed by atoms with Gasteiger partial charge in [0.25, 0.3) is 0 Å². The first kappa shape index (κ1) is 11.9. The zero-order valence-electron chi connectivity index (χ0n) is 10.6. The summed E-state index contributed by atoms with van der Waals surface area (Å²) < 4.78 is 0. The predicted octanol–water partition coefficient (Wildman–Crippen LogP) is 1.78. The van der Waals surface area contributed by atoms with E-state index in [2.05, 4.69) is 24.1 Å². The van der Waals surface area contributed by atoms with Gasteiger partial charge < -0.3 is 10.2 Å². The molecule has 3 heteroatoms. The Balaban J connectivity index is 1.99. The van der Waals surface area contributed by atoms with Crippen LogP contribution in [0.5, 0.6) is 0 Å². The largest absolute Gasteiger partial charge is 0.339 e. The first-order valence-corrected chi connectivity index (χ1v) is 6.65. The smallest absolute Gasteiger partial charge is 0.228 e. The number of nitrogens with one attached hydrogen (secondary N) is 1. The van der Waals surface area contributed by atoms with Crippen molar-refractivity contribution in [3.8, 4) is 0 Å². The molecule has 0 aromatic heterocycles. The van der Waals surface area contributed by atoms with Gasteiger partial charge in [0.2, 0.25) is 5.91 Å². The van der Waals surface area contributed by atoms with Gasteiger partial charge in [-0.2, -0.15) is 0 Å². The summed E-state index contributed by atoms with van der Waals surface area (Å²) in [5.41, 5.74) is -0.0602. The van der Waals surface area contributed by atoms with Crippen molar-refractivity contribution in [2.75, 3.05) is 19.6 Å². The number of hydrogen-bond acceptors (Lipinski definition) is 2. The molecule has 0 spiro atoms. The Kier molecular flexibility index (Phi) is 3.53. The van der Waals surface area contributed by atoms with Crippen LogP contribution in [0.1, 0.15) is 46.0 Å². The lowest BCUT2D eigenvalue weighted by molar-refractivity contribution is -0.144. The molecule has 1 saturated carbocycles. The number of nitrogens with zero attached hydrogens (tertiary/aromatic N) is 1. The first-order chi connectivity index (χ1) is 7.62. The molecule has 0 aromatic carbocycles. The highest BCUT2D eigenvalue weighted by molar-refractivity contribution is 5.82. The monoisotopic (exact) mass is 224 g/mol. The lowest BCUT2D eigenvalue weighted by atomic mass is 9.74. The van der Waals surface area contributed by atoms with E-state index in [-0.39, 0.29) is 5.41 Å². The summed E-state index contributed by atoms with van der Waals surface area (Å²) in [6, 6.07) is 0.449. The number of piperazine rings is 1. The van der Waals surface area contributed by atoms with E-state index in [9.17, 15) is 4.79 Å². The van der Waals surface area contributed by atoms with Crippen molar-refractivity contribution in [1.29, 1.82) is 0 Å². The fourth-order valence-corrected chi connectivity index (χ4v) is 3.04. The molecule has 0 radical (unpaired) electrons. The van der Waals surface area contributed by atoms with Crippen molar-refractivity contribution < 1.29 is 4.79 Å². The van der Waals surface area contributed by atoms with Gasteiger partial charge in [-0.3, -0.25) is 4.79 Å². The lowest BCUT2D eigenvalue weighted by Crippen LogP contribution is -2.55. The van der Waals surface area contributed by atoms with E-state index in [1.54, 1.807) is 0 Å². The fourth-order valence-electron chi connectivity index (χ4n) is 3.04. The maximum Gasteiger partial charge on any atom is 0.228 e. The van der Waals surface area contributed by atoms with Gasteiger partial charge in [0, 0.05) is 31.1 Å². The van der Waals surface area contributed by atoms with E-state index in [0.29, 0.717) is 11.9 Å². The predicted molar refractivity (Wildman–Crippen MR) is 65.2 cm³/mol. The quantitative estimate of drug-likeness (QED) is 0.736. The zero-order valence-corrected chi connectivity index (χ0v) is 10.6. The molecule has 16 heavy (non-hydrogen) atoms. The Morgan fingerprint density at radius 3 is 2.62 bits per heavy atom. The second-order valence-electron chi connectivity index (χ2n) is 5.73. The van der Waals surface area contributed by atoms with Gasteiger partial charge in [0.1, 0.15) is 0 Å². The number of amides is 1. The highest BCUT2D eigenvalue weighted by atomic mass is 16.2. The maximum atomic E-state index is 12.5. The summed E-state index contributed by atoms with van der Waals surface area (Å²) in [5.74, 6) is 0.403. The summed E-state index contributed by atoms with van der Waals surface area (Å²) in [7, 11) is 0. The Hall–Kier alpha value is -0.570. The van der Waals surface area contributed by atoms with Crippen LogP contribution in [0, 0.1) is 5.41 Å². The van der Waals surface area contributed by atoms with Crippen LogP contribution in [-0.2, 0) is 4.79 Å². The number of rotatable bonds is 1.